The van der Waals surface area contributed by atoms with E-state index < -0.39 is 17.5 Å². The Balaban J connectivity index is 1.84. The summed E-state index contributed by atoms with van der Waals surface area (Å²) in [4.78, 5) is 23.5. The number of benzene rings is 2. The van der Waals surface area contributed by atoms with Crippen LogP contribution in [-0.4, -0.2) is 23.0 Å². The highest BCUT2D eigenvalue weighted by Gasteiger charge is 2.26. The molecule has 0 aliphatic carbocycles. The monoisotopic (exact) mass is 425 g/mol. The number of rotatable bonds is 5. The van der Waals surface area contributed by atoms with Gasteiger partial charge in [-0.05, 0) is 42.8 Å². The Bertz CT molecular complexity index is 1230. The highest BCUT2D eigenvalue weighted by atomic mass is 32.1. The Morgan fingerprint density at radius 1 is 1.17 bits per heavy atom. The number of aryl methyl sites for hydroxylation is 1. The van der Waals surface area contributed by atoms with Crippen molar-refractivity contribution in [3.05, 3.63) is 83.2 Å². The lowest BCUT2D eigenvalue weighted by Gasteiger charge is -2.20. The zero-order chi connectivity index (χ0) is 21.3. The number of nitrogens with zero attached hydrogens (tertiary/aromatic N) is 3. The van der Waals surface area contributed by atoms with Crippen molar-refractivity contribution in [2.24, 2.45) is 0 Å². The maximum atomic E-state index is 14.4. The summed E-state index contributed by atoms with van der Waals surface area (Å²) in [5, 5.41) is 0.372. The fourth-order valence-corrected chi connectivity index (χ4v) is 4.12. The van der Waals surface area contributed by atoms with Gasteiger partial charge < -0.3 is 4.74 Å². The number of carbonyl (C=O) groups is 1. The van der Waals surface area contributed by atoms with Crippen LogP contribution in [0.3, 0.4) is 0 Å². The third-order valence-electron chi connectivity index (χ3n) is 4.60. The molecule has 0 bridgehead atoms. The van der Waals surface area contributed by atoms with Crippen molar-refractivity contribution in [3.63, 3.8) is 0 Å². The number of halogens is 2. The molecule has 2 aromatic heterocycles. The number of anilines is 1. The number of fused-ring (bicyclic) bond motifs is 1. The molecule has 0 aliphatic heterocycles. The summed E-state index contributed by atoms with van der Waals surface area (Å²) in [5.41, 5.74) is 1.97. The minimum absolute atomic E-state index is 0.0810. The van der Waals surface area contributed by atoms with Gasteiger partial charge in [-0.2, -0.15) is 0 Å². The summed E-state index contributed by atoms with van der Waals surface area (Å²) < 4.78 is 34.0. The molecule has 2 heterocycles. The molecule has 0 saturated carbocycles. The fourth-order valence-electron chi connectivity index (χ4n) is 3.07. The predicted molar refractivity (Wildman–Crippen MR) is 112 cm³/mol. The lowest BCUT2D eigenvalue weighted by molar-refractivity contribution is 0.0981. The van der Waals surface area contributed by atoms with E-state index in [-0.39, 0.29) is 12.1 Å². The third kappa shape index (κ3) is 3.73. The van der Waals surface area contributed by atoms with Crippen LogP contribution >= 0.6 is 11.3 Å². The Kier molecular flexibility index (Phi) is 5.41. The van der Waals surface area contributed by atoms with Gasteiger partial charge in [0.1, 0.15) is 22.9 Å². The van der Waals surface area contributed by atoms with Crippen molar-refractivity contribution in [2.75, 3.05) is 12.0 Å². The highest BCUT2D eigenvalue weighted by molar-refractivity contribution is 7.22. The van der Waals surface area contributed by atoms with Gasteiger partial charge >= 0.3 is 0 Å². The number of thiazole rings is 1. The Labute approximate surface area is 175 Å². The summed E-state index contributed by atoms with van der Waals surface area (Å²) >= 11 is 1.30. The number of ether oxygens (including phenoxy) is 1. The molecule has 1 amide bonds. The summed E-state index contributed by atoms with van der Waals surface area (Å²) in [6.07, 6.45) is 1.61. The molecule has 4 rings (SSSR count). The molecule has 0 unspecified atom stereocenters. The van der Waals surface area contributed by atoms with E-state index >= 15 is 0 Å². The minimum Gasteiger partial charge on any atom is -0.494 e. The first-order chi connectivity index (χ1) is 14.5. The summed E-state index contributed by atoms with van der Waals surface area (Å²) in [6.45, 7) is 2.02. The van der Waals surface area contributed by atoms with Crippen LogP contribution in [0.5, 0.6) is 5.75 Å². The van der Waals surface area contributed by atoms with E-state index in [1.807, 2.05) is 19.1 Å². The highest BCUT2D eigenvalue weighted by Crippen LogP contribution is 2.37. The fraction of sp³-hybridized carbons (Fsp3) is 0.136. The molecular weight excluding hydrogens is 408 g/mol. The first-order valence-corrected chi connectivity index (χ1v) is 9.90. The maximum absolute atomic E-state index is 14.4. The second kappa shape index (κ2) is 8.16. The Hall–Kier alpha value is -3.39. The van der Waals surface area contributed by atoms with Gasteiger partial charge in [0.05, 0.1) is 29.6 Å². The predicted octanol–water partition coefficient (Wildman–Crippen LogP) is 5.13. The molecule has 8 heteroatoms. The first-order valence-electron chi connectivity index (χ1n) is 9.09. The van der Waals surface area contributed by atoms with Gasteiger partial charge in [-0.15, -0.1) is 0 Å². The second-order valence-corrected chi connectivity index (χ2v) is 7.57. The minimum atomic E-state index is -0.930. The molecule has 30 heavy (non-hydrogen) atoms. The van der Waals surface area contributed by atoms with E-state index in [4.69, 9.17) is 4.74 Å². The average molecular weight is 425 g/mol. The molecule has 5 nitrogen and oxygen atoms in total. The van der Waals surface area contributed by atoms with Crippen LogP contribution < -0.4 is 9.64 Å². The molecule has 2 aromatic carbocycles. The van der Waals surface area contributed by atoms with Gasteiger partial charge in [0.15, 0.2) is 5.13 Å². The molecule has 0 spiro atoms. The molecule has 0 saturated heterocycles. The third-order valence-corrected chi connectivity index (χ3v) is 5.81. The number of pyridine rings is 1. The van der Waals surface area contributed by atoms with E-state index in [1.165, 1.54) is 16.2 Å². The molecule has 0 atom stereocenters. The van der Waals surface area contributed by atoms with Crippen molar-refractivity contribution in [3.8, 4) is 5.75 Å². The molecule has 0 N–H and O–H groups in total. The Morgan fingerprint density at radius 2 is 2.00 bits per heavy atom. The quantitative estimate of drug-likeness (QED) is 0.445. The van der Waals surface area contributed by atoms with Crippen LogP contribution in [0.1, 0.15) is 21.6 Å². The van der Waals surface area contributed by atoms with Gasteiger partial charge in [-0.3, -0.25) is 14.7 Å². The number of carbonyl (C=O) groups excluding carboxylic acids is 1. The zero-order valence-corrected chi connectivity index (χ0v) is 17.0. The number of hydrogen-bond donors (Lipinski definition) is 0. The van der Waals surface area contributed by atoms with E-state index in [0.717, 1.165) is 22.4 Å². The van der Waals surface area contributed by atoms with Gasteiger partial charge in [0.25, 0.3) is 5.91 Å². The average Bonchev–Trinajstić information content (AvgIpc) is 3.19. The maximum Gasteiger partial charge on any atom is 0.263 e. The summed E-state index contributed by atoms with van der Waals surface area (Å²) in [5.74, 6) is -1.73. The Morgan fingerprint density at radius 3 is 2.70 bits per heavy atom. The molecule has 152 valence electrons. The molecule has 4 aromatic rings. The van der Waals surface area contributed by atoms with Crippen LogP contribution in [0.4, 0.5) is 13.9 Å². The topological polar surface area (TPSA) is 55.3 Å². The molecular formula is C22H17F2N3O2S. The van der Waals surface area contributed by atoms with Crippen LogP contribution in [0, 0.1) is 18.6 Å². The van der Waals surface area contributed by atoms with Crippen molar-refractivity contribution in [1.29, 1.82) is 0 Å². The van der Waals surface area contributed by atoms with Gasteiger partial charge in [-0.25, -0.2) is 13.8 Å². The lowest BCUT2D eigenvalue weighted by Crippen LogP contribution is -2.31. The number of hydrogen-bond acceptors (Lipinski definition) is 5. The van der Waals surface area contributed by atoms with Crippen LogP contribution in [0.2, 0.25) is 0 Å². The van der Waals surface area contributed by atoms with Crippen molar-refractivity contribution in [1.82, 2.24) is 9.97 Å². The van der Waals surface area contributed by atoms with Crippen molar-refractivity contribution < 1.29 is 18.3 Å². The van der Waals surface area contributed by atoms with Crippen molar-refractivity contribution in [2.45, 2.75) is 13.5 Å². The summed E-state index contributed by atoms with van der Waals surface area (Å²) in [6, 6.07) is 11.9. The molecule has 0 aliphatic rings. The van der Waals surface area contributed by atoms with E-state index in [9.17, 15) is 13.6 Å². The summed E-state index contributed by atoms with van der Waals surface area (Å²) in [7, 11) is 1.55. The SMILES string of the molecule is COc1ccc(C)c2sc(N(Cc3ccccn3)C(=O)c3ccc(F)cc3F)nc12. The van der Waals surface area contributed by atoms with E-state index in [1.54, 1.807) is 31.5 Å². The number of amides is 1. The van der Waals surface area contributed by atoms with Crippen LogP contribution in [-0.2, 0) is 6.54 Å². The van der Waals surface area contributed by atoms with E-state index in [0.29, 0.717) is 28.2 Å². The van der Waals surface area contributed by atoms with Crippen LogP contribution in [0.25, 0.3) is 10.2 Å². The number of aromatic nitrogens is 2. The largest absolute Gasteiger partial charge is 0.494 e. The lowest BCUT2D eigenvalue weighted by atomic mass is 10.1. The first kappa shape index (κ1) is 19.9. The standard InChI is InChI=1S/C22H17F2N3O2S/c1-13-6-9-18(29-2)19-20(13)30-22(26-19)27(12-15-5-3-4-10-25-15)21(28)16-8-7-14(23)11-17(16)24/h3-11H,12H2,1-2H3. The molecule has 0 fully saturated rings. The van der Waals surface area contributed by atoms with Gasteiger partial charge in [0.2, 0.25) is 0 Å². The normalized spacial score (nSPS) is 10.9. The van der Waals surface area contributed by atoms with Gasteiger partial charge in [0, 0.05) is 12.3 Å². The van der Waals surface area contributed by atoms with E-state index in [2.05, 4.69) is 9.97 Å². The van der Waals surface area contributed by atoms with Crippen LogP contribution in [0.15, 0.2) is 54.7 Å². The van der Waals surface area contributed by atoms with Crippen molar-refractivity contribution >= 4 is 32.6 Å². The smallest absolute Gasteiger partial charge is 0.263 e. The number of methoxy groups -OCH3 is 1. The van der Waals surface area contributed by atoms with Gasteiger partial charge in [-0.1, -0.05) is 23.5 Å². The zero-order valence-electron chi connectivity index (χ0n) is 16.2. The second-order valence-electron chi connectivity index (χ2n) is 6.60. The molecule has 0 radical (unpaired) electrons.